The molecule has 1 aliphatic carbocycles. The summed E-state index contributed by atoms with van der Waals surface area (Å²) in [5.41, 5.74) is 3.50. The minimum Gasteiger partial charge on any atom is -0.508 e. The van der Waals surface area contributed by atoms with E-state index < -0.39 is 0 Å². The molecular weight excluding hydrogens is 414 g/mol. The molecule has 0 saturated heterocycles. The number of allylic oxidation sites excluding steroid dienone is 2. The fraction of sp³-hybridized carbons (Fsp3) is 0.680. The first-order valence-electron chi connectivity index (χ1n) is 10.9. The number of ether oxygens (including phenoxy) is 1. The summed E-state index contributed by atoms with van der Waals surface area (Å²) in [5.74, 6) is 2.11. The van der Waals surface area contributed by atoms with Crippen molar-refractivity contribution >= 4 is 9.90 Å². The summed E-state index contributed by atoms with van der Waals surface area (Å²) in [6.07, 6.45) is 7.92. The van der Waals surface area contributed by atoms with Gasteiger partial charge in [-0.15, -0.1) is 0 Å². The van der Waals surface area contributed by atoms with Crippen molar-refractivity contribution < 1.29 is 28.4 Å². The number of phenolic OH excluding ortho intramolecular Hbond substituents is 1. The number of hydrogen-bond donors (Lipinski definition) is 1. The zero-order chi connectivity index (χ0) is 20.4. The molecule has 0 saturated carbocycles. The van der Waals surface area contributed by atoms with E-state index in [0.717, 1.165) is 30.6 Å². The predicted molar refractivity (Wildman–Crippen MR) is 127 cm³/mol. The molecule has 29 heavy (non-hydrogen) atoms. The Kier molecular flexibility index (Phi) is 11.1. The molecule has 3 atom stereocenters. The monoisotopic (exact) mass is 457 g/mol. The Labute approximate surface area is 194 Å². The second kappa shape index (κ2) is 11.3. The number of benzene rings is 1. The van der Waals surface area contributed by atoms with E-state index in [0.29, 0.717) is 17.6 Å². The molecule has 1 aliphatic heterocycles. The molecule has 1 N–H and O–H groups in total. The zero-order valence-electron chi connectivity index (χ0n) is 19.9. The van der Waals surface area contributed by atoms with Gasteiger partial charge in [0.05, 0.1) is 0 Å². The van der Waals surface area contributed by atoms with Gasteiger partial charge < -0.3 is 9.84 Å². The number of unbranched alkanes of at least 4 members (excludes halogenated alkanes) is 1. The number of phenols is 1. The fourth-order valence-electron chi connectivity index (χ4n) is 4.72. The number of hydrogen-bond acceptors (Lipinski definition) is 2. The number of fused-ring (bicyclic) bond motifs is 3. The van der Waals surface area contributed by atoms with Crippen molar-refractivity contribution in [3.05, 3.63) is 34.9 Å². The Morgan fingerprint density at radius 3 is 2.41 bits per heavy atom. The third kappa shape index (κ3) is 6.06. The van der Waals surface area contributed by atoms with E-state index in [-0.39, 0.29) is 39.5 Å². The third-order valence-electron chi connectivity index (χ3n) is 6.44. The molecule has 0 amide bonds. The number of rotatable bonds is 4. The molecule has 1 radical (unpaired) electrons. The summed E-state index contributed by atoms with van der Waals surface area (Å²) in [4.78, 5) is 0. The van der Waals surface area contributed by atoms with Crippen LogP contribution in [0.15, 0.2) is 23.8 Å². The van der Waals surface area contributed by atoms with E-state index in [9.17, 15) is 5.11 Å². The van der Waals surface area contributed by atoms with Crippen LogP contribution in [-0.4, -0.2) is 10.7 Å². The van der Waals surface area contributed by atoms with Crippen molar-refractivity contribution in [3.8, 4) is 11.5 Å². The number of aromatic hydroxyl groups is 1. The van der Waals surface area contributed by atoms with Gasteiger partial charge in [-0.1, -0.05) is 59.1 Å². The van der Waals surface area contributed by atoms with Crippen molar-refractivity contribution in [2.24, 2.45) is 5.92 Å². The van der Waals surface area contributed by atoms with Crippen molar-refractivity contribution in [3.63, 3.8) is 0 Å². The first-order valence-corrected chi connectivity index (χ1v) is 10.9. The van der Waals surface area contributed by atoms with E-state index in [2.05, 4.69) is 53.7 Å². The first-order chi connectivity index (χ1) is 12.7. The van der Waals surface area contributed by atoms with E-state index >= 15 is 0 Å². The van der Waals surface area contributed by atoms with Gasteiger partial charge in [-0.3, -0.25) is 0 Å². The maximum atomic E-state index is 10.9. The molecule has 0 aromatic heterocycles. The average Bonchev–Trinajstić information content (AvgIpc) is 2.60. The minimum absolute atomic E-state index is 0. The van der Waals surface area contributed by atoms with E-state index in [1.165, 1.54) is 24.0 Å². The molecule has 3 rings (SSSR count). The van der Waals surface area contributed by atoms with Gasteiger partial charge in [0.1, 0.15) is 17.1 Å². The van der Waals surface area contributed by atoms with Gasteiger partial charge in [0.2, 0.25) is 0 Å². The molecular formula is C25H43O2PV. The Bertz CT molecular complexity index is 694. The van der Waals surface area contributed by atoms with Crippen molar-refractivity contribution in [1.82, 2.24) is 0 Å². The average molecular weight is 458 g/mol. The second-order valence-electron chi connectivity index (χ2n) is 9.30. The predicted octanol–water partition coefficient (Wildman–Crippen LogP) is 7.55. The van der Waals surface area contributed by atoms with Gasteiger partial charge in [-0.05, 0) is 63.1 Å². The molecule has 2 aliphatic rings. The van der Waals surface area contributed by atoms with Gasteiger partial charge in [0.15, 0.2) is 0 Å². The van der Waals surface area contributed by atoms with Crippen LogP contribution in [-0.2, 0) is 24.0 Å². The summed E-state index contributed by atoms with van der Waals surface area (Å²) in [6.45, 7) is 17.4. The SMILES string of the molecule is CC.CCCCC(C)(C)c1cc(O)c2c(c1)OC(C)(C)C1CC=C(C)C[C@@H]21.P.[V]. The van der Waals surface area contributed by atoms with Crippen LogP contribution in [0.4, 0.5) is 0 Å². The molecule has 1 aromatic rings. The molecule has 2 nitrogen and oxygen atoms in total. The second-order valence-corrected chi connectivity index (χ2v) is 9.30. The normalized spacial score (nSPS) is 21.6. The van der Waals surface area contributed by atoms with Crippen LogP contribution in [0, 0.1) is 5.92 Å². The van der Waals surface area contributed by atoms with Gasteiger partial charge >= 0.3 is 0 Å². The van der Waals surface area contributed by atoms with Crippen LogP contribution in [0.25, 0.3) is 0 Å². The van der Waals surface area contributed by atoms with E-state index in [1.54, 1.807) is 0 Å². The molecule has 165 valence electrons. The maximum Gasteiger partial charge on any atom is 0.127 e. The fourth-order valence-corrected chi connectivity index (χ4v) is 4.72. The molecule has 4 heteroatoms. The summed E-state index contributed by atoms with van der Waals surface area (Å²) >= 11 is 0. The Morgan fingerprint density at radius 1 is 1.21 bits per heavy atom. The molecule has 0 bridgehead atoms. The van der Waals surface area contributed by atoms with Crippen LogP contribution in [0.2, 0.25) is 0 Å². The molecule has 0 spiro atoms. The van der Waals surface area contributed by atoms with Crippen molar-refractivity contribution in [2.75, 3.05) is 0 Å². The van der Waals surface area contributed by atoms with Crippen LogP contribution in [0.1, 0.15) is 105 Å². The minimum atomic E-state index is -0.201. The van der Waals surface area contributed by atoms with Crippen LogP contribution in [0.3, 0.4) is 0 Å². The smallest absolute Gasteiger partial charge is 0.127 e. The van der Waals surface area contributed by atoms with E-state index in [4.69, 9.17) is 4.74 Å². The van der Waals surface area contributed by atoms with Crippen LogP contribution in [0.5, 0.6) is 11.5 Å². The topological polar surface area (TPSA) is 29.5 Å². The maximum absolute atomic E-state index is 10.9. The van der Waals surface area contributed by atoms with E-state index in [1.807, 2.05) is 19.9 Å². The quantitative estimate of drug-likeness (QED) is 0.374. The third-order valence-corrected chi connectivity index (χ3v) is 6.44. The summed E-state index contributed by atoms with van der Waals surface area (Å²) in [5, 5.41) is 10.9. The van der Waals surface area contributed by atoms with Crippen molar-refractivity contribution in [2.45, 2.75) is 104 Å². The van der Waals surface area contributed by atoms with Gasteiger partial charge in [0, 0.05) is 36.0 Å². The van der Waals surface area contributed by atoms with Crippen molar-refractivity contribution in [1.29, 1.82) is 0 Å². The molecule has 1 aromatic carbocycles. The molecule has 1 heterocycles. The van der Waals surface area contributed by atoms with Crippen LogP contribution < -0.4 is 4.74 Å². The first kappa shape index (κ1) is 28.6. The summed E-state index contributed by atoms with van der Waals surface area (Å²) in [6, 6.07) is 4.21. The van der Waals surface area contributed by atoms with Crippen LogP contribution >= 0.6 is 9.90 Å². The standard InChI is InChI=1S/C23H34O2.C2H6.H3P.V/c1-7-8-11-22(3,4)16-13-19(24)21-17-12-15(2)9-10-18(17)23(5,6)25-20(21)14-16;1-2;;/h9,13-14,17-18,24H,7-8,10-12H2,1-6H3;1-2H3;1H3;/t17-,18?;;;/m1.../s1. The Balaban J connectivity index is 0.00000190. The summed E-state index contributed by atoms with van der Waals surface area (Å²) in [7, 11) is 0. The molecule has 0 fully saturated rings. The zero-order valence-corrected chi connectivity index (χ0v) is 22.7. The van der Waals surface area contributed by atoms with Gasteiger partial charge in [-0.25, -0.2) is 0 Å². The largest absolute Gasteiger partial charge is 0.508 e. The van der Waals surface area contributed by atoms with Gasteiger partial charge in [-0.2, -0.15) is 9.90 Å². The molecule has 2 unspecified atom stereocenters. The summed E-state index contributed by atoms with van der Waals surface area (Å²) < 4.78 is 6.46. The Morgan fingerprint density at radius 2 is 1.83 bits per heavy atom. The van der Waals surface area contributed by atoms with Gasteiger partial charge in [0.25, 0.3) is 0 Å². The Hall–Kier alpha value is -0.426.